The lowest BCUT2D eigenvalue weighted by atomic mass is 9.80. The number of carboxylic acid groups (broad SMARTS) is 2. The van der Waals surface area contributed by atoms with Gasteiger partial charge in [0, 0.05) is 18.4 Å². The Bertz CT molecular complexity index is 647. The molecule has 1 heterocycles. The van der Waals surface area contributed by atoms with Crippen LogP contribution in [-0.4, -0.2) is 34.7 Å². The molecule has 1 aliphatic heterocycles. The normalized spacial score (nSPS) is 23.4. The van der Waals surface area contributed by atoms with E-state index in [2.05, 4.69) is 18.5 Å². The van der Waals surface area contributed by atoms with Crippen molar-refractivity contribution >= 4 is 23.1 Å². The van der Waals surface area contributed by atoms with E-state index in [4.69, 9.17) is 5.11 Å². The van der Waals surface area contributed by atoms with Crippen molar-refractivity contribution in [2.24, 2.45) is 11.8 Å². The predicted octanol–water partition coefficient (Wildman–Crippen LogP) is 2.50. The average molecular weight is 315 g/mol. The maximum absolute atomic E-state index is 11.3. The smallest absolute Gasteiger partial charge is 0.321 e. The van der Waals surface area contributed by atoms with Crippen molar-refractivity contribution in [3.05, 3.63) is 48.6 Å². The van der Waals surface area contributed by atoms with Crippen molar-refractivity contribution < 1.29 is 19.8 Å². The van der Waals surface area contributed by atoms with Crippen molar-refractivity contribution in [2.45, 2.75) is 19.4 Å². The molecule has 5 nitrogen and oxygen atoms in total. The van der Waals surface area contributed by atoms with E-state index in [1.54, 1.807) is 0 Å². The van der Waals surface area contributed by atoms with Crippen LogP contribution in [-0.2, 0) is 9.59 Å². The Balaban J connectivity index is 2.24. The Kier molecular flexibility index (Phi) is 5.01. The summed E-state index contributed by atoms with van der Waals surface area (Å²) in [5, 5.41) is 21.3. The minimum absolute atomic E-state index is 0.197. The molecule has 2 rings (SSSR count). The molecule has 5 heteroatoms. The quantitative estimate of drug-likeness (QED) is 0.751. The molecule has 1 aromatic carbocycles. The highest BCUT2D eigenvalue weighted by Crippen LogP contribution is 2.36. The topological polar surface area (TPSA) is 86.6 Å². The second-order valence-electron chi connectivity index (χ2n) is 5.98. The van der Waals surface area contributed by atoms with Gasteiger partial charge >= 0.3 is 11.9 Å². The number of rotatable bonds is 6. The van der Waals surface area contributed by atoms with E-state index in [0.29, 0.717) is 6.54 Å². The molecule has 0 aliphatic carbocycles. The molecule has 0 bridgehead atoms. The number of carboxylic acids is 2. The van der Waals surface area contributed by atoms with Crippen molar-refractivity contribution in [1.29, 1.82) is 0 Å². The van der Waals surface area contributed by atoms with Crippen LogP contribution in [0.25, 0.3) is 11.1 Å². The van der Waals surface area contributed by atoms with Gasteiger partial charge in [-0.2, -0.15) is 0 Å². The number of nitrogens with one attached hydrogen (secondary N) is 1. The van der Waals surface area contributed by atoms with E-state index in [0.717, 1.165) is 22.3 Å². The molecule has 1 saturated heterocycles. The Labute approximate surface area is 135 Å². The van der Waals surface area contributed by atoms with E-state index in [1.807, 2.05) is 31.2 Å². The standard InChI is InChI=1S/C18H21NO4/c1-10(2)12-4-6-13(7-5-12)11(3)15-9-19-17(18(22)23)14(15)8-16(20)21/h4-7,14-15,17,19H,1,3,8-9H2,2H3,(H,20,21)(H,22,23)/t14-,15+,17-/m0/s1. The third-order valence-corrected chi connectivity index (χ3v) is 4.38. The third-order valence-electron chi connectivity index (χ3n) is 4.38. The van der Waals surface area contributed by atoms with Crippen LogP contribution in [0.2, 0.25) is 0 Å². The first-order valence-electron chi connectivity index (χ1n) is 7.44. The first-order chi connectivity index (χ1) is 10.8. The summed E-state index contributed by atoms with van der Waals surface area (Å²) in [6, 6.07) is 6.84. The lowest BCUT2D eigenvalue weighted by Crippen LogP contribution is -2.36. The molecular weight excluding hydrogens is 294 g/mol. The molecule has 3 atom stereocenters. The van der Waals surface area contributed by atoms with Crippen LogP contribution in [0, 0.1) is 11.8 Å². The van der Waals surface area contributed by atoms with E-state index >= 15 is 0 Å². The van der Waals surface area contributed by atoms with Crippen LogP contribution in [0.1, 0.15) is 24.5 Å². The molecule has 0 saturated carbocycles. The average Bonchev–Trinajstić information content (AvgIpc) is 2.89. The number of hydrogen-bond acceptors (Lipinski definition) is 3. The fourth-order valence-electron chi connectivity index (χ4n) is 3.09. The number of carbonyl (C=O) groups is 2. The Morgan fingerprint density at radius 2 is 1.74 bits per heavy atom. The summed E-state index contributed by atoms with van der Waals surface area (Å²) in [4.78, 5) is 22.4. The van der Waals surface area contributed by atoms with Crippen LogP contribution in [0.15, 0.2) is 37.4 Å². The van der Waals surface area contributed by atoms with Crippen molar-refractivity contribution in [3.63, 3.8) is 0 Å². The van der Waals surface area contributed by atoms with Gasteiger partial charge in [-0.05, 0) is 23.6 Å². The summed E-state index contributed by atoms with van der Waals surface area (Å²) >= 11 is 0. The van der Waals surface area contributed by atoms with Crippen LogP contribution in [0.4, 0.5) is 0 Å². The second kappa shape index (κ2) is 6.79. The number of aliphatic carboxylic acids is 2. The molecule has 23 heavy (non-hydrogen) atoms. The Morgan fingerprint density at radius 3 is 2.22 bits per heavy atom. The van der Waals surface area contributed by atoms with E-state index in [1.165, 1.54) is 0 Å². The number of hydrogen-bond donors (Lipinski definition) is 3. The minimum Gasteiger partial charge on any atom is -0.481 e. The molecule has 122 valence electrons. The Hall–Kier alpha value is -2.40. The molecule has 0 amide bonds. The molecule has 1 aromatic rings. The van der Waals surface area contributed by atoms with Gasteiger partial charge < -0.3 is 15.5 Å². The summed E-state index contributed by atoms with van der Waals surface area (Å²) in [5.41, 5.74) is 3.64. The van der Waals surface area contributed by atoms with Crippen LogP contribution in [0.5, 0.6) is 0 Å². The van der Waals surface area contributed by atoms with Gasteiger partial charge in [0.2, 0.25) is 0 Å². The summed E-state index contributed by atoms with van der Waals surface area (Å²) in [5.74, 6) is -2.76. The summed E-state index contributed by atoms with van der Waals surface area (Å²) in [6.45, 7) is 10.3. The molecule has 1 fully saturated rings. The van der Waals surface area contributed by atoms with Gasteiger partial charge in [0.1, 0.15) is 6.04 Å². The van der Waals surface area contributed by atoms with E-state index in [9.17, 15) is 14.7 Å². The molecule has 0 spiro atoms. The van der Waals surface area contributed by atoms with Crippen LogP contribution < -0.4 is 5.32 Å². The molecule has 0 radical (unpaired) electrons. The van der Waals surface area contributed by atoms with E-state index in [-0.39, 0.29) is 12.3 Å². The zero-order valence-corrected chi connectivity index (χ0v) is 13.1. The highest BCUT2D eigenvalue weighted by molar-refractivity contribution is 5.79. The van der Waals surface area contributed by atoms with Crippen LogP contribution in [0.3, 0.4) is 0 Å². The summed E-state index contributed by atoms with van der Waals surface area (Å²) < 4.78 is 0. The number of allylic oxidation sites excluding steroid dienone is 1. The van der Waals surface area contributed by atoms with Gasteiger partial charge in [-0.3, -0.25) is 9.59 Å². The first-order valence-corrected chi connectivity index (χ1v) is 7.44. The minimum atomic E-state index is -1.02. The highest BCUT2D eigenvalue weighted by Gasteiger charge is 2.42. The second-order valence-corrected chi connectivity index (χ2v) is 5.98. The van der Waals surface area contributed by atoms with E-state index < -0.39 is 23.9 Å². The SMILES string of the molecule is C=C(C)c1ccc(C(=C)[C@H]2CN[C@H](C(=O)O)[C@H]2CC(=O)O)cc1. The maximum atomic E-state index is 11.3. The van der Waals surface area contributed by atoms with Crippen molar-refractivity contribution in [1.82, 2.24) is 5.32 Å². The molecular formula is C18H21NO4. The summed E-state index contributed by atoms with van der Waals surface area (Å²) in [6.07, 6.45) is -0.197. The largest absolute Gasteiger partial charge is 0.481 e. The van der Waals surface area contributed by atoms with Crippen LogP contribution >= 0.6 is 0 Å². The lowest BCUT2D eigenvalue weighted by Gasteiger charge is -2.22. The van der Waals surface area contributed by atoms with Crippen molar-refractivity contribution in [2.75, 3.05) is 6.54 Å². The van der Waals surface area contributed by atoms with Gasteiger partial charge in [-0.25, -0.2) is 0 Å². The first kappa shape index (κ1) is 17.0. The highest BCUT2D eigenvalue weighted by atomic mass is 16.4. The number of benzene rings is 1. The van der Waals surface area contributed by atoms with Gasteiger partial charge in [-0.15, -0.1) is 0 Å². The van der Waals surface area contributed by atoms with Crippen molar-refractivity contribution in [3.8, 4) is 0 Å². The Morgan fingerprint density at radius 1 is 1.17 bits per heavy atom. The zero-order valence-electron chi connectivity index (χ0n) is 13.1. The van der Waals surface area contributed by atoms with Gasteiger partial charge in [0.05, 0.1) is 6.42 Å². The zero-order chi connectivity index (χ0) is 17.1. The molecule has 3 N–H and O–H groups in total. The van der Waals surface area contributed by atoms with Gasteiger partial charge in [-0.1, -0.05) is 43.0 Å². The van der Waals surface area contributed by atoms with Gasteiger partial charge in [0.15, 0.2) is 0 Å². The van der Waals surface area contributed by atoms with Gasteiger partial charge in [0.25, 0.3) is 0 Å². The fourth-order valence-corrected chi connectivity index (χ4v) is 3.09. The maximum Gasteiger partial charge on any atom is 0.321 e. The third kappa shape index (κ3) is 3.68. The summed E-state index contributed by atoms with van der Waals surface area (Å²) in [7, 11) is 0. The predicted molar refractivity (Wildman–Crippen MR) is 88.8 cm³/mol. The molecule has 0 unspecified atom stereocenters. The molecule has 1 aliphatic rings. The monoisotopic (exact) mass is 315 g/mol. The molecule has 0 aromatic heterocycles. The fraction of sp³-hybridized carbons (Fsp3) is 0.333. The lowest BCUT2D eigenvalue weighted by molar-refractivity contribution is -0.142.